The average molecular weight is 260 g/mol. The topological polar surface area (TPSA) is 92.8 Å². The van der Waals surface area contributed by atoms with Gasteiger partial charge in [0.25, 0.3) is 5.91 Å². The number of hydrogen-bond acceptors (Lipinski definition) is 4. The molecule has 3 rings (SSSR count). The highest BCUT2D eigenvalue weighted by atomic mass is 16.2. The van der Waals surface area contributed by atoms with Gasteiger partial charge in [-0.25, -0.2) is 4.98 Å². The number of aromatic amines is 1. The molecule has 0 spiro atoms. The Hall–Kier alpha value is -2.31. The fraction of sp³-hybridized carbons (Fsp3) is 0.417. The first-order valence-corrected chi connectivity index (χ1v) is 6.22. The zero-order valence-corrected chi connectivity index (χ0v) is 10.7. The Labute approximate surface area is 110 Å². The van der Waals surface area contributed by atoms with Crippen molar-refractivity contribution in [2.45, 2.75) is 25.4 Å². The molecule has 19 heavy (non-hydrogen) atoms. The van der Waals surface area contributed by atoms with Crippen LogP contribution < -0.4 is 5.73 Å². The van der Waals surface area contributed by atoms with Gasteiger partial charge in [0.05, 0.1) is 12.2 Å². The van der Waals surface area contributed by atoms with Gasteiger partial charge in [0.2, 0.25) is 0 Å². The van der Waals surface area contributed by atoms with Crippen molar-refractivity contribution in [2.24, 2.45) is 0 Å². The lowest BCUT2D eigenvalue weighted by atomic mass is 10.3. The van der Waals surface area contributed by atoms with Gasteiger partial charge in [-0.2, -0.15) is 5.10 Å². The van der Waals surface area contributed by atoms with Gasteiger partial charge >= 0.3 is 0 Å². The van der Waals surface area contributed by atoms with Crippen LogP contribution in [0.3, 0.4) is 0 Å². The summed E-state index contributed by atoms with van der Waals surface area (Å²) in [6.45, 7) is 0.397. The van der Waals surface area contributed by atoms with Crippen molar-refractivity contribution in [1.82, 2.24) is 24.6 Å². The summed E-state index contributed by atoms with van der Waals surface area (Å²) in [6.07, 6.45) is 5.49. The Morgan fingerprint density at radius 2 is 2.42 bits per heavy atom. The second kappa shape index (κ2) is 4.42. The van der Waals surface area contributed by atoms with Crippen LogP contribution in [0.1, 0.15) is 35.2 Å². The van der Waals surface area contributed by atoms with E-state index in [1.165, 1.54) is 6.33 Å². The minimum atomic E-state index is -0.0556. The molecule has 0 atom stereocenters. The monoisotopic (exact) mass is 260 g/mol. The smallest absolute Gasteiger partial charge is 0.270 e. The lowest BCUT2D eigenvalue weighted by Crippen LogP contribution is -2.28. The normalized spacial score (nSPS) is 14.6. The van der Waals surface area contributed by atoms with Crippen molar-refractivity contribution >= 4 is 11.6 Å². The molecule has 7 nitrogen and oxygen atoms in total. The number of rotatable bonds is 4. The van der Waals surface area contributed by atoms with E-state index in [0.717, 1.165) is 12.8 Å². The maximum atomic E-state index is 12.4. The molecule has 100 valence electrons. The molecule has 0 aromatic carbocycles. The molecule has 0 aliphatic heterocycles. The van der Waals surface area contributed by atoms with Gasteiger partial charge < -0.3 is 15.2 Å². The standard InChI is InChI=1S/C12H16N6O/c1-17(6-11-14-7-15-16-11)12(19)10-4-8(13)5-18(10)9-2-3-9/h4-5,7,9H,2-3,6,13H2,1H3,(H,14,15,16). The van der Waals surface area contributed by atoms with Crippen LogP contribution in [0.2, 0.25) is 0 Å². The van der Waals surface area contributed by atoms with Crippen molar-refractivity contribution < 1.29 is 4.79 Å². The molecule has 1 aliphatic carbocycles. The molecule has 3 N–H and O–H groups in total. The Morgan fingerprint density at radius 3 is 3.05 bits per heavy atom. The third-order valence-corrected chi connectivity index (χ3v) is 3.23. The fourth-order valence-electron chi connectivity index (χ4n) is 2.13. The Morgan fingerprint density at radius 1 is 1.63 bits per heavy atom. The third kappa shape index (κ3) is 2.31. The van der Waals surface area contributed by atoms with E-state index in [9.17, 15) is 4.79 Å². The number of carbonyl (C=O) groups excluding carboxylic acids is 1. The van der Waals surface area contributed by atoms with Crippen LogP contribution in [0.4, 0.5) is 5.69 Å². The van der Waals surface area contributed by atoms with Crippen molar-refractivity contribution in [3.05, 3.63) is 30.1 Å². The summed E-state index contributed by atoms with van der Waals surface area (Å²) in [5, 5.41) is 6.51. The number of nitrogens with two attached hydrogens (primary N) is 1. The van der Waals surface area contributed by atoms with Crippen molar-refractivity contribution in [3.63, 3.8) is 0 Å². The summed E-state index contributed by atoms with van der Waals surface area (Å²) in [6, 6.07) is 2.16. The largest absolute Gasteiger partial charge is 0.397 e. The number of H-pyrrole nitrogens is 1. The lowest BCUT2D eigenvalue weighted by molar-refractivity contribution is 0.0770. The first kappa shape index (κ1) is 11.8. The predicted octanol–water partition coefficient (Wildman–Crippen LogP) is 0.795. The zero-order valence-electron chi connectivity index (χ0n) is 10.7. The van der Waals surface area contributed by atoms with Gasteiger partial charge in [0.15, 0.2) is 0 Å². The molecule has 1 fully saturated rings. The molecule has 1 aliphatic rings. The van der Waals surface area contributed by atoms with Gasteiger partial charge in [0, 0.05) is 19.3 Å². The first-order valence-electron chi connectivity index (χ1n) is 6.22. The molecule has 2 aromatic heterocycles. The molecular weight excluding hydrogens is 244 g/mol. The van der Waals surface area contributed by atoms with Gasteiger partial charge in [-0.1, -0.05) is 0 Å². The highest BCUT2D eigenvalue weighted by molar-refractivity contribution is 5.93. The van der Waals surface area contributed by atoms with Crippen LogP contribution >= 0.6 is 0 Å². The number of hydrogen-bond donors (Lipinski definition) is 2. The molecule has 2 heterocycles. The Kier molecular flexibility index (Phi) is 2.73. The van der Waals surface area contributed by atoms with E-state index in [0.29, 0.717) is 29.8 Å². The van der Waals surface area contributed by atoms with Crippen LogP contribution in [0.25, 0.3) is 0 Å². The van der Waals surface area contributed by atoms with E-state index in [2.05, 4.69) is 15.2 Å². The van der Waals surface area contributed by atoms with Crippen LogP contribution in [-0.2, 0) is 6.54 Å². The molecule has 1 amide bonds. The summed E-state index contributed by atoms with van der Waals surface area (Å²) in [5.74, 6) is 0.605. The summed E-state index contributed by atoms with van der Waals surface area (Å²) in [7, 11) is 1.74. The minimum Gasteiger partial charge on any atom is -0.397 e. The summed E-state index contributed by atoms with van der Waals surface area (Å²) >= 11 is 0. The van der Waals surface area contributed by atoms with Crippen molar-refractivity contribution in [2.75, 3.05) is 12.8 Å². The highest BCUT2D eigenvalue weighted by Crippen LogP contribution is 2.37. The quantitative estimate of drug-likeness (QED) is 0.850. The predicted molar refractivity (Wildman–Crippen MR) is 69.3 cm³/mol. The maximum Gasteiger partial charge on any atom is 0.270 e. The summed E-state index contributed by atoms with van der Waals surface area (Å²) in [5.41, 5.74) is 7.07. The fourth-order valence-corrected chi connectivity index (χ4v) is 2.13. The number of nitrogens with one attached hydrogen (secondary N) is 1. The number of aromatic nitrogens is 4. The first-order chi connectivity index (χ1) is 9.15. The third-order valence-electron chi connectivity index (χ3n) is 3.23. The molecule has 2 aromatic rings. The molecule has 0 unspecified atom stereocenters. The Bertz CT molecular complexity index is 583. The number of carbonyl (C=O) groups is 1. The molecule has 0 bridgehead atoms. The number of amides is 1. The zero-order chi connectivity index (χ0) is 13.4. The minimum absolute atomic E-state index is 0.0556. The average Bonchev–Trinajstić information content (AvgIpc) is 2.97. The number of nitrogen functional groups attached to an aromatic ring is 1. The van der Waals surface area contributed by atoms with E-state index in [1.807, 2.05) is 10.8 Å². The SMILES string of the molecule is CN(Cc1ncn[nH]1)C(=O)c1cc(N)cn1C1CC1. The molecular formula is C12H16N6O. The van der Waals surface area contributed by atoms with E-state index in [1.54, 1.807) is 18.0 Å². The summed E-state index contributed by atoms with van der Waals surface area (Å²) in [4.78, 5) is 18.0. The van der Waals surface area contributed by atoms with E-state index in [-0.39, 0.29) is 5.91 Å². The Balaban J connectivity index is 1.79. The van der Waals surface area contributed by atoms with Gasteiger partial charge in [-0.3, -0.25) is 9.89 Å². The van der Waals surface area contributed by atoms with Crippen LogP contribution in [0, 0.1) is 0 Å². The number of nitrogens with zero attached hydrogens (tertiary/aromatic N) is 4. The van der Waals surface area contributed by atoms with Gasteiger partial charge in [0.1, 0.15) is 17.8 Å². The van der Waals surface area contributed by atoms with Crippen LogP contribution in [0.5, 0.6) is 0 Å². The maximum absolute atomic E-state index is 12.4. The second-order valence-electron chi connectivity index (χ2n) is 4.89. The summed E-state index contributed by atoms with van der Waals surface area (Å²) < 4.78 is 1.98. The molecule has 0 saturated heterocycles. The van der Waals surface area contributed by atoms with E-state index >= 15 is 0 Å². The molecule has 1 saturated carbocycles. The van der Waals surface area contributed by atoms with Crippen LogP contribution in [-0.4, -0.2) is 37.6 Å². The molecule has 7 heteroatoms. The second-order valence-corrected chi connectivity index (χ2v) is 4.89. The van der Waals surface area contributed by atoms with E-state index < -0.39 is 0 Å². The lowest BCUT2D eigenvalue weighted by Gasteiger charge is -2.16. The van der Waals surface area contributed by atoms with Gasteiger partial charge in [-0.05, 0) is 18.9 Å². The van der Waals surface area contributed by atoms with Gasteiger partial charge in [-0.15, -0.1) is 0 Å². The van der Waals surface area contributed by atoms with Crippen LogP contribution in [0.15, 0.2) is 18.6 Å². The highest BCUT2D eigenvalue weighted by Gasteiger charge is 2.28. The number of anilines is 1. The van der Waals surface area contributed by atoms with E-state index in [4.69, 9.17) is 5.73 Å². The molecule has 0 radical (unpaired) electrons. The van der Waals surface area contributed by atoms with Crippen molar-refractivity contribution in [3.8, 4) is 0 Å². The van der Waals surface area contributed by atoms with Crippen molar-refractivity contribution in [1.29, 1.82) is 0 Å².